The number of nitro benzene ring substituents is 1. The summed E-state index contributed by atoms with van der Waals surface area (Å²) >= 11 is 1.16. The molecule has 0 spiro atoms. The first-order valence-corrected chi connectivity index (χ1v) is 7.76. The highest BCUT2D eigenvalue weighted by molar-refractivity contribution is 7.13. The molecule has 9 heteroatoms. The van der Waals surface area contributed by atoms with Crippen LogP contribution in [0.3, 0.4) is 0 Å². The molecule has 8 nitrogen and oxygen atoms in total. The lowest BCUT2D eigenvalue weighted by Gasteiger charge is -2.07. The van der Waals surface area contributed by atoms with Gasteiger partial charge in [0.1, 0.15) is 10.8 Å². The van der Waals surface area contributed by atoms with E-state index < -0.39 is 10.9 Å². The summed E-state index contributed by atoms with van der Waals surface area (Å²) in [6.45, 7) is 0. The Balaban J connectivity index is 1.93. The number of hydrogen-bond donors (Lipinski definition) is 2. The summed E-state index contributed by atoms with van der Waals surface area (Å²) in [6, 6.07) is 9.84. The minimum Gasteiger partial charge on any atom is -0.493 e. The van der Waals surface area contributed by atoms with Crippen molar-refractivity contribution in [1.29, 1.82) is 0 Å². The summed E-state index contributed by atoms with van der Waals surface area (Å²) in [4.78, 5) is 25.5. The van der Waals surface area contributed by atoms with Gasteiger partial charge in [-0.25, -0.2) is 9.78 Å². The van der Waals surface area contributed by atoms with Crippen molar-refractivity contribution in [2.24, 2.45) is 0 Å². The lowest BCUT2D eigenvalue weighted by Crippen LogP contribution is -1.96. The van der Waals surface area contributed by atoms with E-state index in [2.05, 4.69) is 4.98 Å². The van der Waals surface area contributed by atoms with Gasteiger partial charge in [-0.3, -0.25) is 10.1 Å². The van der Waals surface area contributed by atoms with Crippen LogP contribution in [0, 0.1) is 10.1 Å². The van der Waals surface area contributed by atoms with Crippen molar-refractivity contribution in [2.75, 3.05) is 0 Å². The Bertz CT molecular complexity index is 952. The molecule has 0 unspecified atom stereocenters. The number of rotatable bonds is 5. The molecular weight excluding hydrogens is 348 g/mol. The molecule has 0 radical (unpaired) electrons. The van der Waals surface area contributed by atoms with Gasteiger partial charge >= 0.3 is 11.7 Å². The monoisotopic (exact) mass is 358 g/mol. The fraction of sp³-hybridized carbons (Fsp3) is 0. The van der Waals surface area contributed by atoms with Gasteiger partial charge in [0.2, 0.25) is 11.6 Å². The summed E-state index contributed by atoms with van der Waals surface area (Å²) < 4.78 is 5.50. The number of carboxylic acids is 1. The molecule has 126 valence electrons. The molecule has 2 aromatic carbocycles. The SMILES string of the molecule is O=C(O)c1ccc(Oc2ccc(-c3nc(O)cs3)cc2[N+](=O)[O-])cc1. The molecule has 0 saturated heterocycles. The van der Waals surface area contributed by atoms with Crippen LogP contribution in [0.5, 0.6) is 17.4 Å². The lowest BCUT2D eigenvalue weighted by molar-refractivity contribution is -0.385. The van der Waals surface area contributed by atoms with Crippen molar-refractivity contribution in [3.8, 4) is 28.0 Å². The third-order valence-corrected chi connectivity index (χ3v) is 4.10. The highest BCUT2D eigenvalue weighted by atomic mass is 32.1. The fourth-order valence-corrected chi connectivity index (χ4v) is 2.75. The Kier molecular flexibility index (Phi) is 4.31. The highest BCUT2D eigenvalue weighted by Gasteiger charge is 2.19. The first kappa shape index (κ1) is 16.4. The molecule has 1 heterocycles. The minimum absolute atomic E-state index is 0.0117. The van der Waals surface area contributed by atoms with Crippen LogP contribution < -0.4 is 4.74 Å². The number of nitrogens with zero attached hydrogens (tertiary/aromatic N) is 2. The second-order valence-electron chi connectivity index (χ2n) is 4.88. The van der Waals surface area contributed by atoms with Gasteiger partial charge in [0.15, 0.2) is 0 Å². The van der Waals surface area contributed by atoms with Crippen LogP contribution in [0.25, 0.3) is 10.6 Å². The van der Waals surface area contributed by atoms with E-state index in [1.807, 2.05) is 0 Å². The van der Waals surface area contributed by atoms with Gasteiger partial charge in [-0.05, 0) is 36.4 Å². The summed E-state index contributed by atoms with van der Waals surface area (Å²) in [5, 5.41) is 31.4. The molecule has 0 aliphatic rings. The van der Waals surface area contributed by atoms with Crippen LogP contribution in [0.15, 0.2) is 47.8 Å². The second kappa shape index (κ2) is 6.57. The van der Waals surface area contributed by atoms with Crippen molar-refractivity contribution >= 4 is 23.0 Å². The van der Waals surface area contributed by atoms with Crippen LogP contribution >= 0.6 is 11.3 Å². The smallest absolute Gasteiger partial charge is 0.335 e. The van der Waals surface area contributed by atoms with Crippen LogP contribution in [-0.2, 0) is 0 Å². The lowest BCUT2D eigenvalue weighted by atomic mass is 10.2. The number of carboxylic acid groups (broad SMARTS) is 1. The molecule has 0 amide bonds. The summed E-state index contributed by atoms with van der Waals surface area (Å²) in [7, 11) is 0. The van der Waals surface area contributed by atoms with Gasteiger partial charge in [0.25, 0.3) is 0 Å². The molecule has 0 aliphatic heterocycles. The molecular formula is C16H10N2O6S. The van der Waals surface area contributed by atoms with Crippen molar-refractivity contribution in [1.82, 2.24) is 4.98 Å². The van der Waals surface area contributed by atoms with Crippen LogP contribution in [0.2, 0.25) is 0 Å². The predicted molar refractivity (Wildman–Crippen MR) is 89.3 cm³/mol. The molecule has 3 aromatic rings. The van der Waals surface area contributed by atoms with E-state index in [-0.39, 0.29) is 28.6 Å². The van der Waals surface area contributed by atoms with E-state index in [9.17, 15) is 20.0 Å². The third-order valence-electron chi connectivity index (χ3n) is 3.22. The van der Waals surface area contributed by atoms with Crippen LogP contribution in [0.1, 0.15) is 10.4 Å². The Labute approximate surface area is 144 Å². The first-order chi connectivity index (χ1) is 11.9. The zero-order chi connectivity index (χ0) is 18.0. The highest BCUT2D eigenvalue weighted by Crippen LogP contribution is 2.36. The number of aromatic nitrogens is 1. The van der Waals surface area contributed by atoms with E-state index in [0.29, 0.717) is 10.6 Å². The minimum atomic E-state index is -1.08. The summed E-state index contributed by atoms with van der Waals surface area (Å²) in [5.74, 6) is -0.944. The number of ether oxygens (including phenoxy) is 1. The summed E-state index contributed by atoms with van der Waals surface area (Å²) in [6.07, 6.45) is 0. The van der Waals surface area contributed by atoms with Gasteiger partial charge in [-0.15, -0.1) is 11.3 Å². The zero-order valence-corrected chi connectivity index (χ0v) is 13.3. The maximum absolute atomic E-state index is 11.3. The van der Waals surface area contributed by atoms with Gasteiger partial charge in [0.05, 0.1) is 15.9 Å². The molecule has 25 heavy (non-hydrogen) atoms. The molecule has 3 rings (SSSR count). The summed E-state index contributed by atoms with van der Waals surface area (Å²) in [5.41, 5.74) is 0.292. The number of nitro groups is 1. The van der Waals surface area contributed by atoms with Crippen molar-refractivity contribution in [3.63, 3.8) is 0 Å². The molecule has 0 saturated carbocycles. The Morgan fingerprint density at radius 1 is 1.20 bits per heavy atom. The van der Waals surface area contributed by atoms with E-state index in [1.165, 1.54) is 41.8 Å². The van der Waals surface area contributed by atoms with Gasteiger partial charge in [-0.2, -0.15) is 0 Å². The van der Waals surface area contributed by atoms with Crippen LogP contribution in [0.4, 0.5) is 5.69 Å². The third kappa shape index (κ3) is 3.56. The zero-order valence-electron chi connectivity index (χ0n) is 12.4. The standard InChI is InChI=1S/C16H10N2O6S/c19-14-8-25-15(17-14)10-3-6-13(12(7-10)18(22)23)24-11-4-1-9(2-5-11)16(20)21/h1-8,19H,(H,20,21). The van der Waals surface area contributed by atoms with Crippen molar-refractivity contribution in [2.45, 2.75) is 0 Å². The van der Waals surface area contributed by atoms with Crippen molar-refractivity contribution < 1.29 is 24.7 Å². The predicted octanol–water partition coefficient (Wildman–Crippen LogP) is 3.91. The second-order valence-corrected chi connectivity index (χ2v) is 5.74. The molecule has 0 bridgehead atoms. The van der Waals surface area contributed by atoms with E-state index in [4.69, 9.17) is 9.84 Å². The van der Waals surface area contributed by atoms with Gasteiger partial charge in [0, 0.05) is 11.6 Å². The quantitative estimate of drug-likeness (QED) is 0.523. The van der Waals surface area contributed by atoms with E-state index in [0.717, 1.165) is 11.3 Å². The normalized spacial score (nSPS) is 10.4. The number of carbonyl (C=O) groups is 1. The van der Waals surface area contributed by atoms with Gasteiger partial charge < -0.3 is 14.9 Å². The topological polar surface area (TPSA) is 123 Å². The van der Waals surface area contributed by atoms with E-state index >= 15 is 0 Å². The average Bonchev–Trinajstić information content (AvgIpc) is 3.02. The Morgan fingerprint density at radius 2 is 1.92 bits per heavy atom. The number of benzene rings is 2. The Morgan fingerprint density at radius 3 is 2.48 bits per heavy atom. The largest absolute Gasteiger partial charge is 0.493 e. The molecule has 0 atom stereocenters. The molecule has 0 fully saturated rings. The molecule has 1 aromatic heterocycles. The first-order valence-electron chi connectivity index (χ1n) is 6.88. The number of thiazole rings is 1. The number of hydrogen-bond acceptors (Lipinski definition) is 7. The fourth-order valence-electron chi connectivity index (χ4n) is 2.07. The maximum atomic E-state index is 11.3. The number of aromatic hydroxyl groups is 1. The average molecular weight is 358 g/mol. The van der Waals surface area contributed by atoms with Crippen LogP contribution in [-0.4, -0.2) is 26.1 Å². The van der Waals surface area contributed by atoms with E-state index in [1.54, 1.807) is 6.07 Å². The maximum Gasteiger partial charge on any atom is 0.335 e. The molecule has 2 N–H and O–H groups in total. The van der Waals surface area contributed by atoms with Crippen molar-refractivity contribution in [3.05, 3.63) is 63.5 Å². The van der Waals surface area contributed by atoms with Gasteiger partial charge in [-0.1, -0.05) is 0 Å². The Hall–Kier alpha value is -3.46. The molecule has 0 aliphatic carbocycles. The number of aromatic carboxylic acids is 1.